The molecule has 2 nitrogen and oxygen atoms in total. The first-order valence-corrected chi connectivity index (χ1v) is 7.28. The Labute approximate surface area is 127 Å². The first-order valence-electron chi connectivity index (χ1n) is 7.28. The standard InChI is InChI=1S/C19H21NO/c1-14(2)18-10-15(3)11-19(12-18)21-13-17-7-5-4-6-16(17)8-9-20/h4-7,10-12,14H,8,13H2,1-3H3. The van der Waals surface area contributed by atoms with Gasteiger partial charge in [-0.3, -0.25) is 0 Å². The van der Waals surface area contributed by atoms with Gasteiger partial charge in [-0.25, -0.2) is 0 Å². The molecular formula is C19H21NO. The third-order valence-electron chi connectivity index (χ3n) is 3.52. The minimum absolute atomic E-state index is 0.421. The van der Waals surface area contributed by atoms with Crippen molar-refractivity contribution in [2.24, 2.45) is 0 Å². The normalized spacial score (nSPS) is 10.4. The molecule has 0 aliphatic carbocycles. The van der Waals surface area contributed by atoms with E-state index in [2.05, 4.69) is 45.0 Å². The molecule has 0 spiro atoms. The molecule has 0 aliphatic heterocycles. The van der Waals surface area contributed by atoms with Crippen molar-refractivity contribution in [3.05, 3.63) is 64.7 Å². The monoisotopic (exact) mass is 279 g/mol. The maximum atomic E-state index is 8.87. The summed E-state index contributed by atoms with van der Waals surface area (Å²) in [6.45, 7) is 6.95. The van der Waals surface area contributed by atoms with E-state index in [1.165, 1.54) is 11.1 Å². The van der Waals surface area contributed by atoms with Gasteiger partial charge in [-0.2, -0.15) is 5.26 Å². The number of rotatable bonds is 5. The van der Waals surface area contributed by atoms with Gasteiger partial charge in [-0.1, -0.05) is 44.2 Å². The van der Waals surface area contributed by atoms with Gasteiger partial charge < -0.3 is 4.74 Å². The van der Waals surface area contributed by atoms with E-state index in [4.69, 9.17) is 10.00 Å². The number of aryl methyl sites for hydroxylation is 1. The van der Waals surface area contributed by atoms with Crippen molar-refractivity contribution in [2.75, 3.05) is 0 Å². The Morgan fingerprint density at radius 2 is 1.81 bits per heavy atom. The van der Waals surface area contributed by atoms with Crippen molar-refractivity contribution in [1.29, 1.82) is 5.26 Å². The second-order valence-corrected chi connectivity index (χ2v) is 5.63. The molecule has 2 aromatic rings. The molecule has 0 amide bonds. The van der Waals surface area contributed by atoms with Crippen LogP contribution in [0.2, 0.25) is 0 Å². The van der Waals surface area contributed by atoms with Gasteiger partial charge in [-0.05, 0) is 47.2 Å². The number of benzene rings is 2. The minimum atomic E-state index is 0.421. The highest BCUT2D eigenvalue weighted by Crippen LogP contribution is 2.24. The summed E-state index contributed by atoms with van der Waals surface area (Å²) in [5.74, 6) is 1.38. The van der Waals surface area contributed by atoms with Gasteiger partial charge in [0.25, 0.3) is 0 Å². The smallest absolute Gasteiger partial charge is 0.120 e. The van der Waals surface area contributed by atoms with E-state index in [1.807, 2.05) is 24.3 Å². The van der Waals surface area contributed by atoms with Crippen LogP contribution in [0.25, 0.3) is 0 Å². The second-order valence-electron chi connectivity index (χ2n) is 5.63. The lowest BCUT2D eigenvalue weighted by Crippen LogP contribution is -2.01. The molecule has 0 saturated heterocycles. The maximum absolute atomic E-state index is 8.87. The molecule has 0 fully saturated rings. The summed E-state index contributed by atoms with van der Waals surface area (Å²) in [4.78, 5) is 0. The van der Waals surface area contributed by atoms with E-state index < -0.39 is 0 Å². The average molecular weight is 279 g/mol. The number of hydrogen-bond acceptors (Lipinski definition) is 2. The fraction of sp³-hybridized carbons (Fsp3) is 0.316. The fourth-order valence-corrected chi connectivity index (χ4v) is 2.31. The molecule has 2 aromatic carbocycles. The number of nitriles is 1. The third kappa shape index (κ3) is 4.10. The lowest BCUT2D eigenvalue weighted by molar-refractivity contribution is 0.304. The molecule has 21 heavy (non-hydrogen) atoms. The highest BCUT2D eigenvalue weighted by Gasteiger charge is 2.06. The Bertz CT molecular complexity index is 653. The molecule has 2 rings (SSSR count). The van der Waals surface area contributed by atoms with Gasteiger partial charge in [0, 0.05) is 0 Å². The summed E-state index contributed by atoms with van der Waals surface area (Å²) < 4.78 is 5.94. The van der Waals surface area contributed by atoms with E-state index >= 15 is 0 Å². The minimum Gasteiger partial charge on any atom is -0.489 e. The number of ether oxygens (including phenoxy) is 1. The zero-order valence-corrected chi connectivity index (χ0v) is 12.9. The highest BCUT2D eigenvalue weighted by molar-refractivity contribution is 5.36. The van der Waals surface area contributed by atoms with Gasteiger partial charge in [0.1, 0.15) is 12.4 Å². The van der Waals surface area contributed by atoms with Gasteiger partial charge in [-0.15, -0.1) is 0 Å². The Kier molecular flexibility index (Phi) is 5.00. The lowest BCUT2D eigenvalue weighted by atomic mass is 10.0. The van der Waals surface area contributed by atoms with Crippen molar-refractivity contribution in [3.8, 4) is 11.8 Å². The predicted octanol–water partition coefficient (Wildman–Crippen LogP) is 4.76. The number of hydrogen-bond donors (Lipinski definition) is 0. The zero-order chi connectivity index (χ0) is 15.2. The molecule has 0 unspecified atom stereocenters. The van der Waals surface area contributed by atoms with Crippen LogP contribution < -0.4 is 4.74 Å². The van der Waals surface area contributed by atoms with E-state index in [0.29, 0.717) is 18.9 Å². The van der Waals surface area contributed by atoms with E-state index in [-0.39, 0.29) is 0 Å². The van der Waals surface area contributed by atoms with Crippen molar-refractivity contribution in [3.63, 3.8) is 0 Å². The van der Waals surface area contributed by atoms with Crippen LogP contribution in [0.3, 0.4) is 0 Å². The van der Waals surface area contributed by atoms with Crippen LogP contribution in [0.5, 0.6) is 5.75 Å². The summed E-state index contributed by atoms with van der Waals surface area (Å²) >= 11 is 0. The molecule has 0 N–H and O–H groups in total. The summed E-state index contributed by atoms with van der Waals surface area (Å²) in [5, 5.41) is 8.87. The van der Waals surface area contributed by atoms with Gasteiger partial charge >= 0.3 is 0 Å². The topological polar surface area (TPSA) is 33.0 Å². The Morgan fingerprint density at radius 1 is 1.10 bits per heavy atom. The summed E-state index contributed by atoms with van der Waals surface area (Å²) in [6.07, 6.45) is 0.421. The molecule has 108 valence electrons. The van der Waals surface area contributed by atoms with Crippen molar-refractivity contribution in [1.82, 2.24) is 0 Å². The average Bonchev–Trinajstić information content (AvgIpc) is 2.46. The van der Waals surface area contributed by atoms with E-state index in [9.17, 15) is 0 Å². The van der Waals surface area contributed by atoms with Gasteiger partial charge in [0.2, 0.25) is 0 Å². The molecule has 0 aromatic heterocycles. The highest BCUT2D eigenvalue weighted by atomic mass is 16.5. The summed E-state index contributed by atoms with van der Waals surface area (Å²) in [6, 6.07) is 16.5. The first kappa shape index (κ1) is 15.1. The Balaban J connectivity index is 2.15. The van der Waals surface area contributed by atoms with Crippen molar-refractivity contribution < 1.29 is 4.74 Å². The third-order valence-corrected chi connectivity index (χ3v) is 3.52. The van der Waals surface area contributed by atoms with Crippen LogP contribution in [0, 0.1) is 18.3 Å². The first-order chi connectivity index (χ1) is 10.1. The van der Waals surface area contributed by atoms with Gasteiger partial charge in [0.05, 0.1) is 12.5 Å². The van der Waals surface area contributed by atoms with Gasteiger partial charge in [0.15, 0.2) is 0 Å². The molecule has 0 radical (unpaired) electrons. The summed E-state index contributed by atoms with van der Waals surface area (Å²) in [5.41, 5.74) is 4.61. The molecule has 0 heterocycles. The van der Waals surface area contributed by atoms with E-state index in [0.717, 1.165) is 16.9 Å². The predicted molar refractivity (Wildman–Crippen MR) is 85.4 cm³/mol. The van der Waals surface area contributed by atoms with Crippen LogP contribution >= 0.6 is 0 Å². The van der Waals surface area contributed by atoms with Crippen LogP contribution in [-0.2, 0) is 13.0 Å². The summed E-state index contributed by atoms with van der Waals surface area (Å²) in [7, 11) is 0. The fourth-order valence-electron chi connectivity index (χ4n) is 2.31. The maximum Gasteiger partial charge on any atom is 0.120 e. The van der Waals surface area contributed by atoms with Crippen LogP contribution in [-0.4, -0.2) is 0 Å². The van der Waals surface area contributed by atoms with Crippen molar-refractivity contribution in [2.45, 2.75) is 39.7 Å². The zero-order valence-electron chi connectivity index (χ0n) is 12.9. The van der Waals surface area contributed by atoms with Crippen molar-refractivity contribution >= 4 is 0 Å². The largest absolute Gasteiger partial charge is 0.489 e. The molecular weight excluding hydrogens is 258 g/mol. The molecule has 0 bridgehead atoms. The number of nitrogens with zero attached hydrogens (tertiary/aromatic N) is 1. The Hall–Kier alpha value is -2.27. The quantitative estimate of drug-likeness (QED) is 0.790. The van der Waals surface area contributed by atoms with E-state index in [1.54, 1.807) is 0 Å². The second kappa shape index (κ2) is 6.95. The van der Waals surface area contributed by atoms with Crippen LogP contribution in [0.1, 0.15) is 42.0 Å². The SMILES string of the molecule is Cc1cc(OCc2ccccc2CC#N)cc(C(C)C)c1. The molecule has 0 atom stereocenters. The molecule has 2 heteroatoms. The molecule has 0 saturated carbocycles. The lowest BCUT2D eigenvalue weighted by Gasteiger charge is -2.13. The van der Waals surface area contributed by atoms with Crippen LogP contribution in [0.4, 0.5) is 0 Å². The van der Waals surface area contributed by atoms with Crippen LogP contribution in [0.15, 0.2) is 42.5 Å². The Morgan fingerprint density at radius 3 is 2.48 bits per heavy atom. The molecule has 0 aliphatic rings.